The number of ether oxygens (including phenoxy) is 2. The maximum Gasteiger partial charge on any atom is 0.305 e. The monoisotopic (exact) mass is 243 g/mol. The van der Waals surface area contributed by atoms with E-state index in [9.17, 15) is 9.18 Å². The fourth-order valence-corrected chi connectivity index (χ4v) is 1.53. The van der Waals surface area contributed by atoms with Gasteiger partial charge in [-0.15, -0.1) is 0 Å². The molecule has 0 heterocycles. The SMILES string of the molecule is COc1cc(F)cc(C(N)CC(=O)O)c1OC. The Morgan fingerprint density at radius 2 is 2.12 bits per heavy atom. The molecule has 1 aromatic carbocycles. The summed E-state index contributed by atoms with van der Waals surface area (Å²) in [5.41, 5.74) is 5.95. The van der Waals surface area contributed by atoms with Crippen LogP contribution in [-0.4, -0.2) is 25.3 Å². The molecule has 5 nitrogen and oxygen atoms in total. The minimum atomic E-state index is -1.07. The highest BCUT2D eigenvalue weighted by molar-refractivity contribution is 5.68. The molecule has 3 N–H and O–H groups in total. The van der Waals surface area contributed by atoms with Gasteiger partial charge in [0, 0.05) is 17.7 Å². The van der Waals surface area contributed by atoms with Crippen LogP contribution in [0, 0.1) is 5.82 Å². The number of carbonyl (C=O) groups is 1. The Hall–Kier alpha value is -1.82. The summed E-state index contributed by atoms with van der Waals surface area (Å²) in [6.07, 6.45) is -0.317. The maximum absolute atomic E-state index is 13.3. The molecule has 1 unspecified atom stereocenters. The van der Waals surface area contributed by atoms with Crippen molar-refractivity contribution in [2.75, 3.05) is 14.2 Å². The average Bonchev–Trinajstić information content (AvgIpc) is 2.26. The smallest absolute Gasteiger partial charge is 0.305 e. The number of hydrogen-bond acceptors (Lipinski definition) is 4. The second-order valence-corrected chi connectivity index (χ2v) is 3.43. The number of benzene rings is 1. The van der Waals surface area contributed by atoms with Gasteiger partial charge >= 0.3 is 5.97 Å². The van der Waals surface area contributed by atoms with Crippen molar-refractivity contribution in [1.82, 2.24) is 0 Å². The van der Waals surface area contributed by atoms with E-state index in [1.807, 2.05) is 0 Å². The first-order chi connectivity index (χ1) is 7.99. The van der Waals surface area contributed by atoms with Crippen LogP contribution in [0.25, 0.3) is 0 Å². The summed E-state index contributed by atoms with van der Waals surface area (Å²) < 4.78 is 23.3. The molecule has 0 spiro atoms. The fraction of sp³-hybridized carbons (Fsp3) is 0.364. The molecular formula is C11H14FNO4. The zero-order valence-corrected chi connectivity index (χ0v) is 9.57. The molecule has 0 saturated heterocycles. The largest absolute Gasteiger partial charge is 0.493 e. The lowest BCUT2D eigenvalue weighted by atomic mass is 10.0. The molecule has 1 atom stereocenters. The molecule has 0 aromatic heterocycles. The number of rotatable bonds is 5. The Bertz CT molecular complexity index is 422. The highest BCUT2D eigenvalue weighted by Crippen LogP contribution is 2.35. The molecule has 0 radical (unpaired) electrons. The van der Waals surface area contributed by atoms with Crippen molar-refractivity contribution in [3.05, 3.63) is 23.5 Å². The Labute approximate surface area is 97.9 Å². The Balaban J connectivity index is 3.20. The second kappa shape index (κ2) is 5.49. The quantitative estimate of drug-likeness (QED) is 0.815. The minimum absolute atomic E-state index is 0.184. The summed E-state index contributed by atoms with van der Waals surface area (Å²) in [7, 11) is 2.75. The Morgan fingerprint density at radius 1 is 1.47 bits per heavy atom. The zero-order valence-electron chi connectivity index (χ0n) is 9.57. The molecule has 0 aliphatic carbocycles. The van der Waals surface area contributed by atoms with E-state index in [2.05, 4.69) is 0 Å². The van der Waals surface area contributed by atoms with E-state index in [0.29, 0.717) is 0 Å². The number of nitrogens with two attached hydrogens (primary N) is 1. The summed E-state index contributed by atoms with van der Waals surface area (Å²) in [6.45, 7) is 0. The standard InChI is InChI=1S/C11H14FNO4/c1-16-9-4-6(12)3-7(11(9)17-2)8(13)5-10(14)15/h3-4,8H,5,13H2,1-2H3,(H,14,15). The molecule has 0 bridgehead atoms. The van der Waals surface area contributed by atoms with E-state index in [-0.39, 0.29) is 23.5 Å². The maximum atomic E-state index is 13.3. The molecule has 0 aliphatic heterocycles. The van der Waals surface area contributed by atoms with E-state index in [4.69, 9.17) is 20.3 Å². The third kappa shape index (κ3) is 3.07. The topological polar surface area (TPSA) is 81.8 Å². The normalized spacial score (nSPS) is 12.0. The molecular weight excluding hydrogens is 229 g/mol. The van der Waals surface area contributed by atoms with Crippen LogP contribution in [0.1, 0.15) is 18.0 Å². The molecule has 0 fully saturated rings. The summed E-state index contributed by atoms with van der Waals surface area (Å²) in [6, 6.07) is 1.44. The predicted molar refractivity (Wildman–Crippen MR) is 58.7 cm³/mol. The lowest BCUT2D eigenvalue weighted by Crippen LogP contribution is -2.16. The highest BCUT2D eigenvalue weighted by Gasteiger charge is 2.20. The molecule has 0 saturated carbocycles. The number of hydrogen-bond donors (Lipinski definition) is 2. The molecule has 1 aromatic rings. The number of carboxylic acids is 1. The number of carboxylic acid groups (broad SMARTS) is 1. The van der Waals surface area contributed by atoms with Gasteiger partial charge in [0.2, 0.25) is 0 Å². The fourth-order valence-electron chi connectivity index (χ4n) is 1.53. The predicted octanol–water partition coefficient (Wildman–Crippen LogP) is 1.32. The van der Waals surface area contributed by atoms with Gasteiger partial charge in [0.25, 0.3) is 0 Å². The van der Waals surface area contributed by atoms with Crippen LogP contribution in [0.2, 0.25) is 0 Å². The van der Waals surface area contributed by atoms with Gasteiger partial charge in [-0.05, 0) is 6.07 Å². The Kier molecular flexibility index (Phi) is 4.28. The van der Waals surface area contributed by atoms with E-state index in [0.717, 1.165) is 12.1 Å². The van der Waals surface area contributed by atoms with Gasteiger partial charge in [0.1, 0.15) is 5.82 Å². The minimum Gasteiger partial charge on any atom is -0.493 e. The molecule has 0 amide bonds. The van der Waals surface area contributed by atoms with Crippen molar-refractivity contribution < 1.29 is 23.8 Å². The van der Waals surface area contributed by atoms with Gasteiger partial charge in [-0.3, -0.25) is 4.79 Å². The average molecular weight is 243 g/mol. The molecule has 94 valence electrons. The first-order valence-corrected chi connectivity index (χ1v) is 4.88. The van der Waals surface area contributed by atoms with Gasteiger partial charge in [-0.2, -0.15) is 0 Å². The van der Waals surface area contributed by atoms with Crippen molar-refractivity contribution in [2.45, 2.75) is 12.5 Å². The summed E-state index contributed by atoms with van der Waals surface area (Å²) in [5, 5.41) is 8.66. The highest BCUT2D eigenvalue weighted by atomic mass is 19.1. The molecule has 1 rings (SSSR count). The van der Waals surface area contributed by atoms with Crippen LogP contribution in [0.15, 0.2) is 12.1 Å². The molecule has 0 aliphatic rings. The zero-order chi connectivity index (χ0) is 13.0. The van der Waals surface area contributed by atoms with Crippen molar-refractivity contribution in [1.29, 1.82) is 0 Å². The van der Waals surface area contributed by atoms with Crippen LogP contribution in [0.3, 0.4) is 0 Å². The van der Waals surface area contributed by atoms with Crippen LogP contribution in [0.4, 0.5) is 4.39 Å². The second-order valence-electron chi connectivity index (χ2n) is 3.43. The van der Waals surface area contributed by atoms with Crippen LogP contribution >= 0.6 is 0 Å². The van der Waals surface area contributed by atoms with E-state index >= 15 is 0 Å². The van der Waals surface area contributed by atoms with E-state index in [1.165, 1.54) is 14.2 Å². The van der Waals surface area contributed by atoms with Crippen LogP contribution in [-0.2, 0) is 4.79 Å². The first-order valence-electron chi connectivity index (χ1n) is 4.88. The van der Waals surface area contributed by atoms with Crippen molar-refractivity contribution in [3.63, 3.8) is 0 Å². The van der Waals surface area contributed by atoms with Crippen molar-refractivity contribution in [3.8, 4) is 11.5 Å². The van der Waals surface area contributed by atoms with Gasteiger partial charge in [0.05, 0.1) is 20.6 Å². The first kappa shape index (κ1) is 13.2. The third-order valence-corrected chi connectivity index (χ3v) is 2.27. The summed E-state index contributed by atoms with van der Waals surface area (Å²) >= 11 is 0. The Morgan fingerprint density at radius 3 is 2.59 bits per heavy atom. The van der Waals surface area contributed by atoms with Crippen molar-refractivity contribution in [2.24, 2.45) is 5.73 Å². The van der Waals surface area contributed by atoms with Gasteiger partial charge in [0.15, 0.2) is 11.5 Å². The molecule has 17 heavy (non-hydrogen) atoms. The van der Waals surface area contributed by atoms with Gasteiger partial charge in [-0.25, -0.2) is 4.39 Å². The van der Waals surface area contributed by atoms with Crippen molar-refractivity contribution >= 4 is 5.97 Å². The van der Waals surface area contributed by atoms with E-state index in [1.54, 1.807) is 0 Å². The number of methoxy groups -OCH3 is 2. The summed E-state index contributed by atoms with van der Waals surface area (Å²) in [5.74, 6) is -1.19. The summed E-state index contributed by atoms with van der Waals surface area (Å²) in [4.78, 5) is 10.6. The van der Waals surface area contributed by atoms with Crippen LogP contribution < -0.4 is 15.2 Å². The van der Waals surface area contributed by atoms with Gasteiger partial charge < -0.3 is 20.3 Å². The van der Waals surface area contributed by atoms with E-state index < -0.39 is 17.8 Å². The van der Waals surface area contributed by atoms with Gasteiger partial charge in [-0.1, -0.05) is 0 Å². The molecule has 6 heteroatoms. The number of aliphatic carboxylic acids is 1. The lowest BCUT2D eigenvalue weighted by molar-refractivity contribution is -0.137. The lowest BCUT2D eigenvalue weighted by Gasteiger charge is -2.16. The van der Waals surface area contributed by atoms with Crippen LogP contribution in [0.5, 0.6) is 11.5 Å². The number of halogens is 1. The third-order valence-electron chi connectivity index (χ3n) is 2.27.